The molecule has 0 saturated heterocycles. The zero-order valence-corrected chi connectivity index (χ0v) is 19.2. The minimum absolute atomic E-state index is 0.247. The van der Waals surface area contributed by atoms with Gasteiger partial charge in [0.1, 0.15) is 43.5 Å². The van der Waals surface area contributed by atoms with Crippen molar-refractivity contribution in [2.75, 3.05) is 39.6 Å². The molecule has 0 bridgehead atoms. The van der Waals surface area contributed by atoms with E-state index in [4.69, 9.17) is 23.7 Å². The predicted octanol–water partition coefficient (Wildman–Crippen LogP) is 3.43. The van der Waals surface area contributed by atoms with Crippen LogP contribution in [0, 0.1) is 0 Å². The van der Waals surface area contributed by atoms with E-state index in [0.29, 0.717) is 44.3 Å². The number of carbonyl (C=O) groups excluding carboxylic acids is 2. The summed E-state index contributed by atoms with van der Waals surface area (Å²) in [5.74, 6) is 1.53. The Kier molecular flexibility index (Phi) is 8.42. The highest BCUT2D eigenvalue weighted by atomic mass is 16.6. The summed E-state index contributed by atoms with van der Waals surface area (Å²) in [7, 11) is 0. The van der Waals surface area contributed by atoms with Crippen LogP contribution in [0.5, 0.6) is 23.0 Å². The monoisotopic (exact) mass is 477 g/mol. The number of rotatable bonds is 11. The smallest absolute Gasteiger partial charge is 0.342 e. The van der Waals surface area contributed by atoms with E-state index >= 15 is 0 Å². The van der Waals surface area contributed by atoms with Gasteiger partial charge in [-0.05, 0) is 48.4 Å². The number of benzene rings is 3. The molecular weight excluding hydrogens is 450 g/mol. The molecule has 0 aromatic heterocycles. The minimum atomic E-state index is -0.633. The molecule has 3 aromatic carbocycles. The molecule has 0 saturated carbocycles. The van der Waals surface area contributed by atoms with Gasteiger partial charge in [-0.3, -0.25) is 4.79 Å². The molecule has 8 heteroatoms. The second kappa shape index (κ2) is 12.3. The van der Waals surface area contributed by atoms with Gasteiger partial charge < -0.3 is 29.0 Å². The summed E-state index contributed by atoms with van der Waals surface area (Å²) in [6.07, 6.45) is 0.609. The van der Waals surface area contributed by atoms with Gasteiger partial charge in [-0.25, -0.2) is 4.79 Å². The van der Waals surface area contributed by atoms with Gasteiger partial charge in [0.15, 0.2) is 18.1 Å². The van der Waals surface area contributed by atoms with Gasteiger partial charge in [0.05, 0.1) is 0 Å². The van der Waals surface area contributed by atoms with Crippen molar-refractivity contribution in [2.45, 2.75) is 6.42 Å². The standard InChI is InChI=1S/C27H27NO7/c29-26(28-13-12-20-10-11-24-25(18-20)34-17-16-33-24)19-35-27(30)22-8-4-5-9-23(22)32-15-14-31-21-6-2-1-3-7-21/h1-11,18H,12-17,19H2,(H,28,29). The Balaban J connectivity index is 1.18. The molecule has 182 valence electrons. The summed E-state index contributed by atoms with van der Waals surface area (Å²) in [4.78, 5) is 24.7. The average Bonchev–Trinajstić information content (AvgIpc) is 2.90. The number of ether oxygens (including phenoxy) is 5. The number of para-hydroxylation sites is 2. The maximum absolute atomic E-state index is 12.5. The van der Waals surface area contributed by atoms with Crippen molar-refractivity contribution in [2.24, 2.45) is 0 Å². The van der Waals surface area contributed by atoms with Crippen molar-refractivity contribution < 1.29 is 33.3 Å². The van der Waals surface area contributed by atoms with E-state index in [-0.39, 0.29) is 24.7 Å². The van der Waals surface area contributed by atoms with Crippen LogP contribution in [0.15, 0.2) is 72.8 Å². The maximum atomic E-state index is 12.5. The van der Waals surface area contributed by atoms with E-state index in [1.807, 2.05) is 48.5 Å². The summed E-state index contributed by atoms with van der Waals surface area (Å²) in [6, 6.07) is 21.8. The molecule has 1 aliphatic rings. The highest BCUT2D eigenvalue weighted by Gasteiger charge is 2.16. The topological polar surface area (TPSA) is 92.3 Å². The van der Waals surface area contributed by atoms with Crippen LogP contribution in [0.2, 0.25) is 0 Å². The number of esters is 1. The lowest BCUT2D eigenvalue weighted by atomic mass is 10.1. The van der Waals surface area contributed by atoms with Gasteiger partial charge >= 0.3 is 5.97 Å². The van der Waals surface area contributed by atoms with E-state index in [9.17, 15) is 9.59 Å². The maximum Gasteiger partial charge on any atom is 0.342 e. The Morgan fingerprint density at radius 2 is 1.57 bits per heavy atom. The van der Waals surface area contributed by atoms with Gasteiger partial charge in [0.2, 0.25) is 0 Å². The van der Waals surface area contributed by atoms with Gasteiger partial charge in [-0.15, -0.1) is 0 Å². The predicted molar refractivity (Wildman–Crippen MR) is 128 cm³/mol. The molecule has 0 spiro atoms. The van der Waals surface area contributed by atoms with Crippen molar-refractivity contribution in [3.05, 3.63) is 83.9 Å². The normalized spacial score (nSPS) is 11.9. The van der Waals surface area contributed by atoms with Crippen LogP contribution in [-0.2, 0) is 16.0 Å². The molecule has 0 radical (unpaired) electrons. The summed E-state index contributed by atoms with van der Waals surface area (Å²) in [5.41, 5.74) is 1.25. The number of fused-ring (bicyclic) bond motifs is 1. The third-order valence-corrected chi connectivity index (χ3v) is 5.14. The minimum Gasteiger partial charge on any atom is -0.490 e. The molecule has 3 aromatic rings. The van der Waals surface area contributed by atoms with Crippen LogP contribution < -0.4 is 24.3 Å². The molecule has 0 fully saturated rings. The molecule has 0 aliphatic carbocycles. The first-order chi connectivity index (χ1) is 17.2. The molecule has 4 rings (SSSR count). The summed E-state index contributed by atoms with van der Waals surface area (Å²) in [5, 5.41) is 2.75. The second-order valence-electron chi connectivity index (χ2n) is 7.66. The van der Waals surface area contributed by atoms with E-state index in [1.165, 1.54) is 0 Å². The highest BCUT2D eigenvalue weighted by Crippen LogP contribution is 2.30. The first kappa shape index (κ1) is 23.9. The van der Waals surface area contributed by atoms with Gasteiger partial charge in [0, 0.05) is 6.54 Å². The highest BCUT2D eigenvalue weighted by molar-refractivity contribution is 5.94. The average molecular weight is 478 g/mol. The van der Waals surface area contributed by atoms with E-state index < -0.39 is 5.97 Å². The summed E-state index contributed by atoms with van der Waals surface area (Å²) >= 11 is 0. The van der Waals surface area contributed by atoms with Crippen molar-refractivity contribution in [3.8, 4) is 23.0 Å². The zero-order valence-electron chi connectivity index (χ0n) is 19.2. The number of hydrogen-bond donors (Lipinski definition) is 1. The fourth-order valence-corrected chi connectivity index (χ4v) is 3.44. The molecule has 1 amide bonds. The molecular formula is C27H27NO7. The summed E-state index contributed by atoms with van der Waals surface area (Å²) < 4.78 is 27.6. The van der Waals surface area contributed by atoms with Crippen LogP contribution in [0.4, 0.5) is 0 Å². The number of hydrogen-bond acceptors (Lipinski definition) is 7. The van der Waals surface area contributed by atoms with Crippen LogP contribution >= 0.6 is 0 Å². The lowest BCUT2D eigenvalue weighted by molar-refractivity contribution is -0.124. The Labute approximate surface area is 203 Å². The molecule has 0 unspecified atom stereocenters. The third-order valence-electron chi connectivity index (χ3n) is 5.14. The molecule has 1 heterocycles. The van der Waals surface area contributed by atoms with Gasteiger partial charge in [0.25, 0.3) is 5.91 Å². The number of amides is 1. The Hall–Kier alpha value is -4.20. The van der Waals surface area contributed by atoms with Gasteiger partial charge in [-0.1, -0.05) is 36.4 Å². The lowest BCUT2D eigenvalue weighted by Crippen LogP contribution is -2.30. The van der Waals surface area contributed by atoms with Crippen LogP contribution in [-0.4, -0.2) is 51.5 Å². The second-order valence-corrected chi connectivity index (χ2v) is 7.66. The molecule has 8 nitrogen and oxygen atoms in total. The fraction of sp³-hybridized carbons (Fsp3) is 0.259. The van der Waals surface area contributed by atoms with Crippen molar-refractivity contribution in [1.82, 2.24) is 5.32 Å². The van der Waals surface area contributed by atoms with Crippen molar-refractivity contribution >= 4 is 11.9 Å². The third kappa shape index (κ3) is 7.14. The first-order valence-corrected chi connectivity index (χ1v) is 11.4. The lowest BCUT2D eigenvalue weighted by Gasteiger charge is -2.18. The molecule has 1 aliphatic heterocycles. The van der Waals surface area contributed by atoms with Crippen LogP contribution in [0.1, 0.15) is 15.9 Å². The van der Waals surface area contributed by atoms with E-state index in [0.717, 1.165) is 17.1 Å². The first-order valence-electron chi connectivity index (χ1n) is 11.4. The number of carbonyl (C=O) groups is 2. The quantitative estimate of drug-likeness (QED) is 0.334. The SMILES string of the molecule is O=C(COC(=O)c1ccccc1OCCOc1ccccc1)NCCc1ccc2c(c1)OCCO2. The molecule has 1 N–H and O–H groups in total. The van der Waals surface area contributed by atoms with Gasteiger partial charge in [-0.2, -0.15) is 0 Å². The van der Waals surface area contributed by atoms with Crippen molar-refractivity contribution in [3.63, 3.8) is 0 Å². The van der Waals surface area contributed by atoms with E-state index in [2.05, 4.69) is 5.32 Å². The van der Waals surface area contributed by atoms with Crippen LogP contribution in [0.25, 0.3) is 0 Å². The fourth-order valence-electron chi connectivity index (χ4n) is 3.44. The van der Waals surface area contributed by atoms with Crippen LogP contribution in [0.3, 0.4) is 0 Å². The number of nitrogens with one attached hydrogen (secondary N) is 1. The van der Waals surface area contributed by atoms with E-state index in [1.54, 1.807) is 24.3 Å². The summed E-state index contributed by atoms with van der Waals surface area (Å²) in [6.45, 7) is 1.65. The zero-order chi connectivity index (χ0) is 24.3. The largest absolute Gasteiger partial charge is 0.490 e. The molecule has 35 heavy (non-hydrogen) atoms. The Morgan fingerprint density at radius 3 is 2.43 bits per heavy atom. The Morgan fingerprint density at radius 1 is 0.829 bits per heavy atom. The van der Waals surface area contributed by atoms with Crippen molar-refractivity contribution in [1.29, 1.82) is 0 Å². The molecule has 0 atom stereocenters. The Bertz CT molecular complexity index is 1130.